The van der Waals surface area contributed by atoms with Crippen molar-refractivity contribution in [1.82, 2.24) is 20.9 Å². The van der Waals surface area contributed by atoms with Crippen LogP contribution in [-0.2, 0) is 9.59 Å². The molecule has 0 amide bonds. The Bertz CT molecular complexity index is 1010. The molecular formula is C27H37N5O3. The molecule has 8 nitrogen and oxygen atoms in total. The minimum atomic E-state index is 0.449. The third-order valence-electron chi connectivity index (χ3n) is 4.35. The SMILES string of the molecule is C=CC=O.CNCC=O.CNCCNC.CNc1cccc2ccc(-c3cccc(C=O)n3)cc12. The van der Waals surface area contributed by atoms with Gasteiger partial charge in [-0.2, -0.15) is 0 Å². The first-order valence-electron chi connectivity index (χ1n) is 11.1. The minimum absolute atomic E-state index is 0.449. The number of rotatable bonds is 9. The van der Waals surface area contributed by atoms with E-state index < -0.39 is 0 Å². The number of allylic oxidation sites excluding steroid dienone is 1. The molecule has 0 bridgehead atoms. The predicted molar refractivity (Wildman–Crippen MR) is 146 cm³/mol. The standard InChI is InChI=1S/C17H14N2O.C4H12N2.C3H7NO.C3H4O/c1-18-17-7-2-4-12-8-9-13(10-15(12)17)16-6-3-5-14(11-20)19-16;1-5-3-4-6-2;1-4-2-3-5;1-2-3-4/h2-11,18H,1H3;5-6H,3-4H2,1-2H3;3-4H,2H2,1H3;2-3H,1H2. The Hall–Kier alpha value is -3.72. The molecule has 35 heavy (non-hydrogen) atoms. The highest BCUT2D eigenvalue weighted by molar-refractivity contribution is 5.96. The van der Waals surface area contributed by atoms with Crippen LogP contribution in [0.15, 0.2) is 67.3 Å². The van der Waals surface area contributed by atoms with Crippen molar-refractivity contribution >= 4 is 35.3 Å². The molecule has 0 spiro atoms. The summed E-state index contributed by atoms with van der Waals surface area (Å²) in [6.45, 7) is 5.67. The predicted octanol–water partition coefficient (Wildman–Crippen LogP) is 2.96. The zero-order chi connectivity index (χ0) is 26.3. The van der Waals surface area contributed by atoms with Crippen LogP contribution in [0.4, 0.5) is 5.69 Å². The molecule has 0 aliphatic carbocycles. The number of aldehydes is 3. The summed E-state index contributed by atoms with van der Waals surface area (Å²) < 4.78 is 0. The number of aromatic nitrogens is 1. The first-order chi connectivity index (χ1) is 17.1. The topological polar surface area (TPSA) is 112 Å². The number of likely N-dealkylation sites (N-methyl/N-ethyl adjacent to an activating group) is 3. The lowest BCUT2D eigenvalue weighted by Gasteiger charge is -2.08. The summed E-state index contributed by atoms with van der Waals surface area (Å²) >= 11 is 0. The molecule has 0 aliphatic heterocycles. The Morgan fingerprint density at radius 1 is 0.857 bits per heavy atom. The van der Waals surface area contributed by atoms with Gasteiger partial charge in [-0.15, -0.1) is 0 Å². The summed E-state index contributed by atoms with van der Waals surface area (Å²) in [6, 6.07) is 17.8. The first-order valence-corrected chi connectivity index (χ1v) is 11.1. The minimum Gasteiger partial charge on any atom is -0.388 e. The highest BCUT2D eigenvalue weighted by atomic mass is 16.1. The monoisotopic (exact) mass is 479 g/mol. The summed E-state index contributed by atoms with van der Waals surface area (Å²) in [7, 11) is 7.52. The molecule has 0 saturated carbocycles. The number of carbonyl (C=O) groups is 3. The molecular weight excluding hydrogens is 442 g/mol. The van der Waals surface area contributed by atoms with Gasteiger partial charge >= 0.3 is 0 Å². The third-order valence-corrected chi connectivity index (χ3v) is 4.35. The number of hydrogen-bond acceptors (Lipinski definition) is 8. The van der Waals surface area contributed by atoms with Crippen molar-refractivity contribution in [2.24, 2.45) is 0 Å². The van der Waals surface area contributed by atoms with E-state index in [1.807, 2.05) is 51.5 Å². The van der Waals surface area contributed by atoms with Crippen LogP contribution in [0.25, 0.3) is 22.0 Å². The van der Waals surface area contributed by atoms with Gasteiger partial charge in [0.15, 0.2) is 6.29 Å². The van der Waals surface area contributed by atoms with E-state index in [9.17, 15) is 9.59 Å². The van der Waals surface area contributed by atoms with Gasteiger partial charge in [0.2, 0.25) is 0 Å². The van der Waals surface area contributed by atoms with E-state index in [-0.39, 0.29) is 0 Å². The number of anilines is 1. The van der Waals surface area contributed by atoms with Gasteiger partial charge in [-0.05, 0) is 56.9 Å². The van der Waals surface area contributed by atoms with Crippen molar-refractivity contribution in [3.05, 3.63) is 72.9 Å². The van der Waals surface area contributed by atoms with Crippen molar-refractivity contribution in [1.29, 1.82) is 0 Å². The molecule has 0 atom stereocenters. The van der Waals surface area contributed by atoms with E-state index in [1.165, 1.54) is 11.5 Å². The van der Waals surface area contributed by atoms with Crippen molar-refractivity contribution < 1.29 is 14.4 Å². The maximum absolute atomic E-state index is 10.8. The highest BCUT2D eigenvalue weighted by Crippen LogP contribution is 2.28. The molecule has 188 valence electrons. The fourth-order valence-corrected chi connectivity index (χ4v) is 2.66. The van der Waals surface area contributed by atoms with Gasteiger partial charge in [-0.1, -0.05) is 36.9 Å². The van der Waals surface area contributed by atoms with Gasteiger partial charge in [0.1, 0.15) is 18.3 Å². The quantitative estimate of drug-likeness (QED) is 0.211. The van der Waals surface area contributed by atoms with Crippen LogP contribution in [0.3, 0.4) is 0 Å². The summed E-state index contributed by atoms with van der Waals surface area (Å²) in [4.78, 5) is 33.6. The molecule has 2 aromatic carbocycles. The lowest BCUT2D eigenvalue weighted by molar-refractivity contribution is -0.107. The second-order valence-corrected chi connectivity index (χ2v) is 6.86. The summed E-state index contributed by atoms with van der Waals surface area (Å²) in [5, 5.41) is 14.2. The number of nitrogens with zero attached hydrogens (tertiary/aromatic N) is 1. The van der Waals surface area contributed by atoms with E-state index in [1.54, 1.807) is 13.1 Å². The molecule has 0 aliphatic rings. The second-order valence-electron chi connectivity index (χ2n) is 6.86. The third kappa shape index (κ3) is 12.9. The Labute approximate surface area is 208 Å². The summed E-state index contributed by atoms with van der Waals surface area (Å²) in [6.07, 6.45) is 3.42. The average molecular weight is 480 g/mol. The van der Waals surface area contributed by atoms with Crippen LogP contribution >= 0.6 is 0 Å². The lowest BCUT2D eigenvalue weighted by Crippen LogP contribution is -2.21. The number of hydrogen-bond donors (Lipinski definition) is 4. The van der Waals surface area contributed by atoms with Gasteiger partial charge < -0.3 is 26.1 Å². The van der Waals surface area contributed by atoms with E-state index >= 15 is 0 Å². The number of nitrogens with one attached hydrogen (secondary N) is 4. The molecule has 3 rings (SSSR count). The van der Waals surface area contributed by atoms with Gasteiger partial charge in [-0.3, -0.25) is 9.59 Å². The van der Waals surface area contributed by atoms with Crippen LogP contribution < -0.4 is 21.3 Å². The van der Waals surface area contributed by atoms with E-state index in [0.29, 0.717) is 18.5 Å². The Kier molecular flexibility index (Phi) is 18.6. The lowest BCUT2D eigenvalue weighted by atomic mass is 10.0. The van der Waals surface area contributed by atoms with Crippen molar-refractivity contribution in [2.45, 2.75) is 0 Å². The summed E-state index contributed by atoms with van der Waals surface area (Å²) in [5.41, 5.74) is 3.34. The van der Waals surface area contributed by atoms with Crippen LogP contribution in [-0.4, -0.2) is 71.7 Å². The molecule has 8 heteroatoms. The molecule has 0 saturated heterocycles. The fraction of sp³-hybridized carbons (Fsp3) is 0.259. The fourth-order valence-electron chi connectivity index (χ4n) is 2.66. The zero-order valence-electron chi connectivity index (χ0n) is 21.0. The van der Waals surface area contributed by atoms with Gasteiger partial charge in [0, 0.05) is 36.8 Å². The molecule has 3 aromatic rings. The van der Waals surface area contributed by atoms with Gasteiger partial charge in [-0.25, -0.2) is 4.98 Å². The van der Waals surface area contributed by atoms with Crippen LogP contribution in [0, 0.1) is 0 Å². The molecule has 0 unspecified atom stereocenters. The zero-order valence-corrected chi connectivity index (χ0v) is 21.0. The van der Waals surface area contributed by atoms with Crippen LogP contribution in [0.2, 0.25) is 0 Å². The van der Waals surface area contributed by atoms with Crippen molar-refractivity contribution in [3.63, 3.8) is 0 Å². The normalized spacial score (nSPS) is 9.14. The molecule has 1 aromatic heterocycles. The Morgan fingerprint density at radius 3 is 2.00 bits per heavy atom. The Morgan fingerprint density at radius 2 is 1.51 bits per heavy atom. The second kappa shape index (κ2) is 20.9. The number of fused-ring (bicyclic) bond motifs is 1. The van der Waals surface area contributed by atoms with Gasteiger partial charge in [0.05, 0.1) is 12.2 Å². The molecule has 4 N–H and O–H groups in total. The maximum Gasteiger partial charge on any atom is 0.168 e. The molecule has 0 radical (unpaired) electrons. The maximum atomic E-state index is 10.8. The number of benzene rings is 2. The van der Waals surface area contributed by atoms with Crippen molar-refractivity contribution in [3.8, 4) is 11.3 Å². The molecule has 1 heterocycles. The number of carbonyl (C=O) groups excluding carboxylic acids is 3. The number of pyridine rings is 1. The van der Waals surface area contributed by atoms with Crippen LogP contribution in [0.5, 0.6) is 0 Å². The smallest absolute Gasteiger partial charge is 0.168 e. The van der Waals surface area contributed by atoms with E-state index in [2.05, 4.69) is 51.0 Å². The van der Waals surface area contributed by atoms with Gasteiger partial charge in [0.25, 0.3) is 0 Å². The van der Waals surface area contributed by atoms with E-state index in [0.717, 1.165) is 48.0 Å². The first kappa shape index (κ1) is 31.3. The van der Waals surface area contributed by atoms with Crippen LogP contribution in [0.1, 0.15) is 10.5 Å². The largest absolute Gasteiger partial charge is 0.388 e. The summed E-state index contributed by atoms with van der Waals surface area (Å²) in [5.74, 6) is 0. The van der Waals surface area contributed by atoms with Crippen molar-refractivity contribution in [2.75, 3.05) is 53.1 Å². The molecule has 0 fully saturated rings. The average Bonchev–Trinajstić information content (AvgIpc) is 2.92. The van der Waals surface area contributed by atoms with E-state index in [4.69, 9.17) is 4.79 Å². The highest BCUT2D eigenvalue weighted by Gasteiger charge is 2.04. The Balaban J connectivity index is 0.000000636.